The van der Waals surface area contributed by atoms with Crippen LogP contribution in [0.3, 0.4) is 0 Å². The third kappa shape index (κ3) is 27.0. The Hall–Kier alpha value is -0.177. The van der Waals surface area contributed by atoms with Gasteiger partial charge in [0.15, 0.2) is 0 Å². The Balaban J connectivity index is 0. The third-order valence-electron chi connectivity index (χ3n) is 3.52. The third-order valence-corrected chi connectivity index (χ3v) is 8.44. The van der Waals surface area contributed by atoms with E-state index in [0.29, 0.717) is 0 Å². The minimum absolute atomic E-state index is 0.0142. The van der Waals surface area contributed by atoms with Crippen LogP contribution < -0.4 is 0 Å². The quantitative estimate of drug-likeness (QED) is 0.181. The SMILES string of the molecule is CCCCCCC[CH2][Bi][CH2]CCCCCCC.O=C(O)C(=O)O. The molecule has 0 fully saturated rings. The minimum atomic E-state index is -1.82. The van der Waals surface area contributed by atoms with Gasteiger partial charge in [0.2, 0.25) is 0 Å². The van der Waals surface area contributed by atoms with Gasteiger partial charge < -0.3 is 10.2 Å². The Morgan fingerprint density at radius 1 is 0.609 bits per heavy atom. The van der Waals surface area contributed by atoms with E-state index in [2.05, 4.69) is 13.8 Å². The zero-order valence-electron chi connectivity index (χ0n) is 15.1. The molecule has 0 aromatic heterocycles. The van der Waals surface area contributed by atoms with Crippen molar-refractivity contribution in [1.82, 2.24) is 0 Å². The number of rotatable bonds is 14. The van der Waals surface area contributed by atoms with Crippen molar-refractivity contribution >= 4 is 35.2 Å². The summed E-state index contributed by atoms with van der Waals surface area (Å²) in [5.74, 6) is -3.65. The maximum absolute atomic E-state index is 9.10. The first kappa shape index (κ1) is 25.1. The average molecular weight is 525 g/mol. The van der Waals surface area contributed by atoms with Crippen molar-refractivity contribution < 1.29 is 19.8 Å². The molecule has 0 amide bonds. The fourth-order valence-electron chi connectivity index (χ4n) is 2.12. The van der Waals surface area contributed by atoms with Gasteiger partial charge in [0.1, 0.15) is 0 Å². The molecule has 0 rings (SSSR count). The molecule has 1 radical (unpaired) electrons. The van der Waals surface area contributed by atoms with Crippen LogP contribution in [0.25, 0.3) is 0 Å². The first-order valence-corrected chi connectivity index (χ1v) is 14.1. The second-order valence-electron chi connectivity index (χ2n) is 5.82. The first-order valence-electron chi connectivity index (χ1n) is 9.15. The molecule has 0 aromatic carbocycles. The smallest absolute Gasteiger partial charge is 0.414 e. The summed E-state index contributed by atoms with van der Waals surface area (Å²) in [5.41, 5.74) is 0. The molecule has 5 heteroatoms. The Bertz CT molecular complexity index is 244. The standard InChI is InChI=1S/2C8H17.C2H2O4.Bi/c2*1-3-5-7-8-6-4-2;3-1(4)2(5)6;/h2*1,3-8H2,2H3;(H,3,4)(H,5,6);. The molecule has 0 heterocycles. The summed E-state index contributed by atoms with van der Waals surface area (Å²) in [4.78, 5) is 18.2. The molecular formula is C18H36BiO4. The van der Waals surface area contributed by atoms with Gasteiger partial charge in [0.25, 0.3) is 0 Å². The summed E-state index contributed by atoms with van der Waals surface area (Å²) in [5, 5.41) is 14.8. The molecule has 23 heavy (non-hydrogen) atoms. The molecule has 0 aliphatic heterocycles. The van der Waals surface area contributed by atoms with Crippen LogP contribution in [0.5, 0.6) is 0 Å². The van der Waals surface area contributed by atoms with Gasteiger partial charge in [-0.15, -0.1) is 0 Å². The van der Waals surface area contributed by atoms with E-state index >= 15 is 0 Å². The number of hydrogen-bond acceptors (Lipinski definition) is 2. The predicted molar refractivity (Wildman–Crippen MR) is 97.4 cm³/mol. The zero-order valence-corrected chi connectivity index (χ0v) is 18.5. The number of hydrogen-bond donors (Lipinski definition) is 2. The topological polar surface area (TPSA) is 74.6 Å². The second-order valence-corrected chi connectivity index (χ2v) is 11.0. The summed E-state index contributed by atoms with van der Waals surface area (Å²) >= 11 is -0.0142. The molecular weight excluding hydrogens is 489 g/mol. The van der Waals surface area contributed by atoms with Crippen LogP contribution in [0, 0.1) is 0 Å². The van der Waals surface area contributed by atoms with E-state index in [4.69, 9.17) is 19.8 Å². The summed E-state index contributed by atoms with van der Waals surface area (Å²) in [6.45, 7) is 4.60. The molecule has 2 N–H and O–H groups in total. The summed E-state index contributed by atoms with van der Waals surface area (Å²) in [7, 11) is 0. The molecule has 4 nitrogen and oxygen atoms in total. The van der Waals surface area contributed by atoms with Gasteiger partial charge in [-0.2, -0.15) is 0 Å². The van der Waals surface area contributed by atoms with Crippen LogP contribution in [-0.2, 0) is 9.59 Å². The molecule has 0 atom stereocenters. The van der Waals surface area contributed by atoms with Crippen molar-refractivity contribution in [3.05, 3.63) is 0 Å². The van der Waals surface area contributed by atoms with Gasteiger partial charge >= 0.3 is 134 Å². The second kappa shape index (κ2) is 21.8. The van der Waals surface area contributed by atoms with E-state index in [1.807, 2.05) is 0 Å². The fraction of sp³-hybridized carbons (Fsp3) is 0.889. The number of carbonyl (C=O) groups is 2. The van der Waals surface area contributed by atoms with E-state index in [-0.39, 0.29) is 23.2 Å². The monoisotopic (exact) mass is 525 g/mol. The molecule has 0 spiro atoms. The van der Waals surface area contributed by atoms with Crippen molar-refractivity contribution in [1.29, 1.82) is 0 Å². The number of carboxylic acid groups (broad SMARTS) is 2. The Morgan fingerprint density at radius 3 is 1.22 bits per heavy atom. The van der Waals surface area contributed by atoms with Gasteiger partial charge in [0, 0.05) is 0 Å². The first-order chi connectivity index (χ1) is 11.1. The van der Waals surface area contributed by atoms with Crippen molar-refractivity contribution in [2.45, 2.75) is 99.2 Å². The van der Waals surface area contributed by atoms with E-state index in [1.165, 1.54) is 64.2 Å². The zero-order chi connectivity index (χ0) is 17.8. The van der Waals surface area contributed by atoms with Crippen molar-refractivity contribution in [2.75, 3.05) is 0 Å². The van der Waals surface area contributed by atoms with Gasteiger partial charge in [-0.25, -0.2) is 9.59 Å². The maximum atomic E-state index is 9.10. The number of aliphatic carboxylic acids is 2. The molecule has 0 saturated carbocycles. The van der Waals surface area contributed by atoms with Gasteiger partial charge in [-0.3, -0.25) is 0 Å². The summed E-state index contributed by atoms with van der Waals surface area (Å²) < 4.78 is 3.34. The molecule has 0 aliphatic rings. The molecule has 0 saturated heterocycles. The molecule has 137 valence electrons. The van der Waals surface area contributed by atoms with Gasteiger partial charge in [-0.1, -0.05) is 0 Å². The summed E-state index contributed by atoms with van der Waals surface area (Å²) in [6.07, 6.45) is 17.9. The van der Waals surface area contributed by atoms with E-state index in [1.54, 1.807) is 21.1 Å². The number of carboxylic acids is 2. The fourth-order valence-corrected chi connectivity index (χ4v) is 6.47. The Kier molecular flexibility index (Phi) is 23.8. The predicted octanol–water partition coefficient (Wildman–Crippen LogP) is 5.40. The maximum Gasteiger partial charge on any atom is 0.414 e. The Morgan fingerprint density at radius 2 is 0.913 bits per heavy atom. The van der Waals surface area contributed by atoms with Crippen LogP contribution in [0.2, 0.25) is 8.26 Å². The normalized spacial score (nSPS) is 10.0. The van der Waals surface area contributed by atoms with Crippen molar-refractivity contribution in [2.24, 2.45) is 0 Å². The van der Waals surface area contributed by atoms with E-state index in [9.17, 15) is 0 Å². The number of unbranched alkanes of at least 4 members (excludes halogenated alkanes) is 10. The Labute approximate surface area is 154 Å². The van der Waals surface area contributed by atoms with E-state index in [0.717, 1.165) is 0 Å². The van der Waals surface area contributed by atoms with Crippen LogP contribution in [0.1, 0.15) is 90.9 Å². The van der Waals surface area contributed by atoms with Crippen LogP contribution >= 0.6 is 0 Å². The van der Waals surface area contributed by atoms with Crippen LogP contribution in [-0.4, -0.2) is 45.4 Å². The van der Waals surface area contributed by atoms with Gasteiger partial charge in [-0.05, 0) is 0 Å². The molecule has 0 aromatic rings. The largest absolute Gasteiger partial charge is 0.473 e. The van der Waals surface area contributed by atoms with Crippen molar-refractivity contribution in [3.63, 3.8) is 0 Å². The molecule has 0 unspecified atom stereocenters. The van der Waals surface area contributed by atoms with Crippen LogP contribution in [0.4, 0.5) is 0 Å². The molecule has 0 aliphatic carbocycles. The van der Waals surface area contributed by atoms with E-state index < -0.39 is 11.9 Å². The summed E-state index contributed by atoms with van der Waals surface area (Å²) in [6, 6.07) is 0. The minimum Gasteiger partial charge on any atom is -0.473 e. The van der Waals surface area contributed by atoms with Crippen LogP contribution in [0.15, 0.2) is 0 Å². The molecule has 0 bridgehead atoms. The van der Waals surface area contributed by atoms with Crippen molar-refractivity contribution in [3.8, 4) is 0 Å². The average Bonchev–Trinajstić information content (AvgIpc) is 2.52. The van der Waals surface area contributed by atoms with Gasteiger partial charge in [0.05, 0.1) is 0 Å².